The molecule has 1 rings (SSSR count). The Balaban J connectivity index is 2.32. The quantitative estimate of drug-likeness (QED) is 0.726. The van der Waals surface area contributed by atoms with Gasteiger partial charge in [0.15, 0.2) is 0 Å². The van der Waals surface area contributed by atoms with E-state index >= 15 is 0 Å². The third-order valence-corrected chi connectivity index (χ3v) is 2.76. The molecule has 0 spiro atoms. The van der Waals surface area contributed by atoms with Gasteiger partial charge in [-0.25, -0.2) is 8.78 Å². The molecular formula is C12H20F2N2O3. The van der Waals surface area contributed by atoms with Crippen molar-refractivity contribution >= 4 is 11.9 Å². The van der Waals surface area contributed by atoms with E-state index < -0.39 is 42.7 Å². The smallest absolute Gasteiger partial charge is 0.310 e. The summed E-state index contributed by atoms with van der Waals surface area (Å²) in [5.41, 5.74) is 0. The van der Waals surface area contributed by atoms with Gasteiger partial charge in [-0.05, 0) is 13.8 Å². The topological polar surface area (TPSA) is 67.4 Å². The number of carbonyl (C=O) groups excluding carboxylic acids is 2. The predicted molar refractivity (Wildman–Crippen MR) is 64.8 cm³/mol. The highest BCUT2D eigenvalue weighted by Gasteiger charge is 2.42. The first-order valence-corrected chi connectivity index (χ1v) is 6.30. The van der Waals surface area contributed by atoms with E-state index in [1.165, 1.54) is 0 Å². The zero-order chi connectivity index (χ0) is 14.6. The maximum Gasteiger partial charge on any atom is 0.310 e. The Hall–Kier alpha value is -1.24. The molecule has 0 aliphatic carbocycles. The van der Waals surface area contributed by atoms with Gasteiger partial charge in [0.1, 0.15) is 0 Å². The van der Waals surface area contributed by atoms with E-state index in [2.05, 4.69) is 10.6 Å². The van der Waals surface area contributed by atoms with Gasteiger partial charge in [-0.2, -0.15) is 0 Å². The van der Waals surface area contributed by atoms with Gasteiger partial charge in [0, 0.05) is 13.0 Å². The molecule has 19 heavy (non-hydrogen) atoms. The van der Waals surface area contributed by atoms with Gasteiger partial charge in [-0.1, -0.05) is 6.92 Å². The summed E-state index contributed by atoms with van der Waals surface area (Å²) in [4.78, 5) is 23.1. The van der Waals surface area contributed by atoms with Crippen LogP contribution in [0.15, 0.2) is 0 Å². The summed E-state index contributed by atoms with van der Waals surface area (Å²) in [5, 5.41) is 4.93. The summed E-state index contributed by atoms with van der Waals surface area (Å²) in [5.74, 6) is -4.28. The van der Waals surface area contributed by atoms with Crippen molar-refractivity contribution in [1.29, 1.82) is 0 Å². The summed E-state index contributed by atoms with van der Waals surface area (Å²) in [6.07, 6.45) is -0.732. The summed E-state index contributed by atoms with van der Waals surface area (Å²) in [6, 6.07) is -0.900. The Bertz CT molecular complexity index is 348. The number of amides is 1. The predicted octanol–water partition coefficient (Wildman–Crippen LogP) is 0.687. The third-order valence-electron chi connectivity index (χ3n) is 2.76. The number of carbonyl (C=O) groups is 2. The second kappa shape index (κ2) is 6.27. The average molecular weight is 278 g/mol. The number of esters is 1. The van der Waals surface area contributed by atoms with Crippen molar-refractivity contribution in [3.8, 4) is 0 Å². The molecule has 1 aliphatic heterocycles. The number of ether oxygens (including phenoxy) is 1. The van der Waals surface area contributed by atoms with Gasteiger partial charge in [0.25, 0.3) is 5.92 Å². The summed E-state index contributed by atoms with van der Waals surface area (Å²) < 4.78 is 30.8. The maximum atomic E-state index is 12.9. The minimum atomic E-state index is -2.84. The van der Waals surface area contributed by atoms with E-state index in [4.69, 9.17) is 4.74 Å². The Kier molecular flexibility index (Phi) is 5.22. The fourth-order valence-electron chi connectivity index (χ4n) is 1.71. The van der Waals surface area contributed by atoms with Crippen LogP contribution in [0.25, 0.3) is 0 Å². The molecule has 1 amide bonds. The molecule has 0 aromatic rings. The number of halogens is 2. The van der Waals surface area contributed by atoms with Gasteiger partial charge in [-0.15, -0.1) is 0 Å². The third kappa shape index (κ3) is 5.10. The molecular weight excluding hydrogens is 258 g/mol. The van der Waals surface area contributed by atoms with Crippen molar-refractivity contribution in [3.63, 3.8) is 0 Å². The highest BCUT2D eigenvalue weighted by molar-refractivity contribution is 5.83. The second-order valence-corrected chi connectivity index (χ2v) is 5.13. The minimum Gasteiger partial charge on any atom is -0.463 e. The molecule has 1 fully saturated rings. The van der Waals surface area contributed by atoms with E-state index in [0.29, 0.717) is 0 Å². The number of hydrogen-bond donors (Lipinski definition) is 2. The fourth-order valence-corrected chi connectivity index (χ4v) is 1.71. The molecule has 0 bridgehead atoms. The molecule has 2 unspecified atom stereocenters. The molecule has 0 aromatic carbocycles. The molecule has 0 aromatic heterocycles. The fraction of sp³-hybridized carbons (Fsp3) is 0.833. The SMILES string of the molecule is CC(C)OC(=O)C(C)CNC(=O)C1CC(F)(F)CN1. The van der Waals surface area contributed by atoms with E-state index in [9.17, 15) is 18.4 Å². The molecule has 0 saturated carbocycles. The normalized spacial score (nSPS) is 23.2. The Morgan fingerprint density at radius 1 is 1.42 bits per heavy atom. The van der Waals surface area contributed by atoms with Crippen LogP contribution in [-0.4, -0.2) is 43.0 Å². The summed E-state index contributed by atoms with van der Waals surface area (Å²) in [6.45, 7) is 4.66. The molecule has 1 saturated heterocycles. The van der Waals surface area contributed by atoms with Crippen molar-refractivity contribution in [3.05, 3.63) is 0 Å². The largest absolute Gasteiger partial charge is 0.463 e. The van der Waals surface area contributed by atoms with Crippen LogP contribution < -0.4 is 10.6 Å². The van der Waals surface area contributed by atoms with Gasteiger partial charge in [0.05, 0.1) is 24.6 Å². The van der Waals surface area contributed by atoms with Crippen LogP contribution in [0.1, 0.15) is 27.2 Å². The first kappa shape index (κ1) is 15.8. The van der Waals surface area contributed by atoms with Crippen molar-refractivity contribution < 1.29 is 23.1 Å². The molecule has 5 nitrogen and oxygen atoms in total. The van der Waals surface area contributed by atoms with Crippen LogP contribution in [0.4, 0.5) is 8.78 Å². The summed E-state index contributed by atoms with van der Waals surface area (Å²) in [7, 11) is 0. The van der Waals surface area contributed by atoms with E-state index in [0.717, 1.165) is 0 Å². The standard InChI is InChI=1S/C12H20F2N2O3/c1-7(2)19-11(18)8(3)5-15-10(17)9-4-12(13,14)6-16-9/h7-9,16H,4-6H2,1-3H3,(H,15,17). The lowest BCUT2D eigenvalue weighted by molar-refractivity contribution is -0.151. The average Bonchev–Trinajstić information content (AvgIpc) is 2.65. The van der Waals surface area contributed by atoms with E-state index in [1.54, 1.807) is 20.8 Å². The lowest BCUT2D eigenvalue weighted by Gasteiger charge is -2.16. The molecule has 1 aliphatic rings. The number of rotatable bonds is 5. The zero-order valence-corrected chi connectivity index (χ0v) is 11.3. The van der Waals surface area contributed by atoms with Crippen molar-refractivity contribution in [2.75, 3.05) is 13.1 Å². The lowest BCUT2D eigenvalue weighted by atomic mass is 10.1. The molecule has 2 N–H and O–H groups in total. The first-order chi connectivity index (χ1) is 8.71. The van der Waals surface area contributed by atoms with Crippen LogP contribution in [-0.2, 0) is 14.3 Å². The number of hydrogen-bond acceptors (Lipinski definition) is 4. The van der Waals surface area contributed by atoms with Crippen molar-refractivity contribution in [1.82, 2.24) is 10.6 Å². The van der Waals surface area contributed by atoms with Gasteiger partial charge in [-0.3, -0.25) is 14.9 Å². The Morgan fingerprint density at radius 2 is 2.05 bits per heavy atom. The summed E-state index contributed by atoms with van der Waals surface area (Å²) >= 11 is 0. The monoisotopic (exact) mass is 278 g/mol. The zero-order valence-electron chi connectivity index (χ0n) is 11.3. The molecule has 1 heterocycles. The number of nitrogens with one attached hydrogen (secondary N) is 2. The van der Waals surface area contributed by atoms with Crippen LogP contribution in [0.5, 0.6) is 0 Å². The highest BCUT2D eigenvalue weighted by atomic mass is 19.3. The lowest BCUT2D eigenvalue weighted by Crippen LogP contribution is -2.43. The molecule has 0 radical (unpaired) electrons. The number of alkyl halides is 2. The van der Waals surface area contributed by atoms with Gasteiger partial charge < -0.3 is 10.1 Å². The van der Waals surface area contributed by atoms with Crippen molar-refractivity contribution in [2.24, 2.45) is 5.92 Å². The Labute approximate surface area is 111 Å². The van der Waals surface area contributed by atoms with Crippen LogP contribution in [0.2, 0.25) is 0 Å². The van der Waals surface area contributed by atoms with Gasteiger partial charge in [0.2, 0.25) is 5.91 Å². The first-order valence-electron chi connectivity index (χ1n) is 6.30. The Morgan fingerprint density at radius 3 is 2.53 bits per heavy atom. The van der Waals surface area contributed by atoms with E-state index in [-0.39, 0.29) is 12.6 Å². The van der Waals surface area contributed by atoms with Crippen molar-refractivity contribution in [2.45, 2.75) is 45.3 Å². The van der Waals surface area contributed by atoms with Gasteiger partial charge >= 0.3 is 5.97 Å². The maximum absolute atomic E-state index is 12.9. The highest BCUT2D eigenvalue weighted by Crippen LogP contribution is 2.24. The second-order valence-electron chi connectivity index (χ2n) is 5.13. The molecule has 110 valence electrons. The van der Waals surface area contributed by atoms with Crippen LogP contribution in [0, 0.1) is 5.92 Å². The van der Waals surface area contributed by atoms with Crippen LogP contribution >= 0.6 is 0 Å². The molecule has 7 heteroatoms. The molecule has 2 atom stereocenters. The van der Waals surface area contributed by atoms with Crippen LogP contribution in [0.3, 0.4) is 0 Å². The minimum absolute atomic E-state index is 0.0775. The van der Waals surface area contributed by atoms with E-state index in [1.807, 2.05) is 0 Å².